The first-order chi connectivity index (χ1) is 5.40. The smallest absolute Gasteiger partial charge is 0.169 e. The minimum Gasteiger partial charge on any atom is -0.354 e. The standard InChI is InChI=1S/C6H6IN3S/c7-11-6-9-4-2-1-3-8-5(4)10-6/h1-5H,(H,9,10). The van der Waals surface area contributed by atoms with Gasteiger partial charge in [-0.1, -0.05) is 6.08 Å². The summed E-state index contributed by atoms with van der Waals surface area (Å²) in [6.07, 6.45) is 5.91. The number of hydrogen-bond donors (Lipinski definition) is 1. The van der Waals surface area contributed by atoms with Gasteiger partial charge in [-0.3, -0.25) is 4.99 Å². The molecule has 0 aliphatic carbocycles. The van der Waals surface area contributed by atoms with E-state index in [1.807, 2.05) is 6.08 Å². The maximum Gasteiger partial charge on any atom is 0.169 e. The molecular weight excluding hydrogens is 273 g/mol. The van der Waals surface area contributed by atoms with Crippen molar-refractivity contribution in [2.75, 3.05) is 0 Å². The first-order valence-electron chi connectivity index (χ1n) is 3.23. The summed E-state index contributed by atoms with van der Waals surface area (Å²) in [5.41, 5.74) is 0. The van der Waals surface area contributed by atoms with Crippen LogP contribution in [-0.2, 0) is 0 Å². The summed E-state index contributed by atoms with van der Waals surface area (Å²) in [5.74, 6) is 0. The predicted molar refractivity (Wildman–Crippen MR) is 57.4 cm³/mol. The first kappa shape index (κ1) is 7.60. The second-order valence-corrected chi connectivity index (χ2v) is 4.14. The number of hydrogen-bond acceptors (Lipinski definition) is 4. The molecule has 0 spiro atoms. The lowest BCUT2D eigenvalue weighted by Crippen LogP contribution is -2.32. The van der Waals surface area contributed by atoms with E-state index in [2.05, 4.69) is 42.6 Å². The Morgan fingerprint density at radius 3 is 3.27 bits per heavy atom. The van der Waals surface area contributed by atoms with Crippen LogP contribution in [-0.4, -0.2) is 23.6 Å². The van der Waals surface area contributed by atoms with Crippen molar-refractivity contribution in [3.05, 3.63) is 12.2 Å². The van der Waals surface area contributed by atoms with Crippen LogP contribution in [0.4, 0.5) is 0 Å². The van der Waals surface area contributed by atoms with Crippen molar-refractivity contribution in [3.8, 4) is 0 Å². The fourth-order valence-electron chi connectivity index (χ4n) is 1.08. The maximum atomic E-state index is 4.34. The maximum absolute atomic E-state index is 4.34. The molecule has 2 atom stereocenters. The number of halogens is 1. The summed E-state index contributed by atoms with van der Waals surface area (Å²) in [7, 11) is 1.60. The Morgan fingerprint density at radius 1 is 1.64 bits per heavy atom. The van der Waals surface area contributed by atoms with Crippen molar-refractivity contribution in [2.45, 2.75) is 12.2 Å². The van der Waals surface area contributed by atoms with Crippen LogP contribution in [0.3, 0.4) is 0 Å². The zero-order valence-corrected chi connectivity index (χ0v) is 8.54. The average molecular weight is 279 g/mol. The second-order valence-electron chi connectivity index (χ2n) is 2.28. The molecule has 0 saturated heterocycles. The molecule has 2 unspecified atom stereocenters. The SMILES string of the molecule is ISC1=NC2N=CC=CC2N1. The van der Waals surface area contributed by atoms with E-state index in [1.165, 1.54) is 0 Å². The molecule has 3 nitrogen and oxygen atoms in total. The fourth-order valence-corrected chi connectivity index (χ4v) is 2.13. The molecular formula is C6H6IN3S. The lowest BCUT2D eigenvalue weighted by Gasteiger charge is -2.12. The Morgan fingerprint density at radius 2 is 2.55 bits per heavy atom. The molecule has 11 heavy (non-hydrogen) atoms. The van der Waals surface area contributed by atoms with Crippen molar-refractivity contribution in [2.24, 2.45) is 9.98 Å². The molecule has 2 aliphatic rings. The van der Waals surface area contributed by atoms with Gasteiger partial charge >= 0.3 is 0 Å². The number of nitrogens with zero attached hydrogens (tertiary/aromatic N) is 2. The average Bonchev–Trinajstić information content (AvgIpc) is 2.46. The summed E-state index contributed by atoms with van der Waals surface area (Å²) in [4.78, 5) is 8.55. The fraction of sp³-hybridized carbons (Fsp3) is 0.333. The van der Waals surface area contributed by atoms with E-state index in [-0.39, 0.29) is 12.2 Å². The quantitative estimate of drug-likeness (QED) is 0.680. The summed E-state index contributed by atoms with van der Waals surface area (Å²) in [6.45, 7) is 0. The number of dihydropyridines is 1. The van der Waals surface area contributed by atoms with Crippen molar-refractivity contribution in [1.29, 1.82) is 0 Å². The van der Waals surface area contributed by atoms with E-state index in [0.717, 1.165) is 5.17 Å². The molecule has 1 N–H and O–H groups in total. The van der Waals surface area contributed by atoms with Crippen molar-refractivity contribution < 1.29 is 0 Å². The van der Waals surface area contributed by atoms with Crippen LogP contribution in [0.1, 0.15) is 0 Å². The lowest BCUT2D eigenvalue weighted by molar-refractivity contribution is 0.628. The molecule has 5 heteroatoms. The molecule has 0 fully saturated rings. The lowest BCUT2D eigenvalue weighted by atomic mass is 10.2. The second kappa shape index (κ2) is 3.14. The predicted octanol–water partition coefficient (Wildman–Crippen LogP) is 1.36. The molecule has 2 aliphatic heterocycles. The highest BCUT2D eigenvalue weighted by molar-refractivity contribution is 14.2. The van der Waals surface area contributed by atoms with E-state index < -0.39 is 0 Å². The molecule has 0 saturated carbocycles. The van der Waals surface area contributed by atoms with Gasteiger partial charge in [-0.25, -0.2) is 4.99 Å². The van der Waals surface area contributed by atoms with Gasteiger partial charge in [-0.2, -0.15) is 0 Å². The number of allylic oxidation sites excluding steroid dienone is 1. The molecule has 2 heterocycles. The molecule has 2 rings (SSSR count). The van der Waals surface area contributed by atoms with Gasteiger partial charge < -0.3 is 5.32 Å². The van der Waals surface area contributed by atoms with Crippen LogP contribution in [0.2, 0.25) is 0 Å². The topological polar surface area (TPSA) is 36.8 Å². The molecule has 0 aromatic carbocycles. The number of nitrogens with one attached hydrogen (secondary N) is 1. The largest absolute Gasteiger partial charge is 0.354 e. The highest BCUT2D eigenvalue weighted by Gasteiger charge is 2.26. The highest BCUT2D eigenvalue weighted by atomic mass is 127. The van der Waals surface area contributed by atoms with Gasteiger partial charge in [0.2, 0.25) is 0 Å². The Hall–Kier alpha value is -0.0400. The molecule has 0 radical (unpaired) electrons. The van der Waals surface area contributed by atoms with Gasteiger partial charge in [0.25, 0.3) is 0 Å². The Labute approximate surface area is 81.0 Å². The molecule has 0 aromatic rings. The van der Waals surface area contributed by atoms with Crippen LogP contribution < -0.4 is 5.32 Å². The van der Waals surface area contributed by atoms with Crippen molar-refractivity contribution in [1.82, 2.24) is 5.32 Å². The van der Waals surface area contributed by atoms with Crippen LogP contribution in [0.25, 0.3) is 0 Å². The van der Waals surface area contributed by atoms with Crippen molar-refractivity contribution in [3.63, 3.8) is 0 Å². The van der Waals surface area contributed by atoms with Crippen LogP contribution in [0, 0.1) is 0 Å². The molecule has 0 aromatic heterocycles. The van der Waals surface area contributed by atoms with Gasteiger partial charge in [0.1, 0.15) is 0 Å². The minimum absolute atomic E-state index is 0.0808. The first-order valence-corrected chi connectivity index (χ1v) is 6.59. The zero-order chi connectivity index (χ0) is 7.68. The van der Waals surface area contributed by atoms with Gasteiger partial charge in [0.05, 0.1) is 6.04 Å². The zero-order valence-electron chi connectivity index (χ0n) is 5.57. The molecule has 58 valence electrons. The highest BCUT2D eigenvalue weighted by Crippen LogP contribution is 2.21. The minimum atomic E-state index is 0.0808. The van der Waals surface area contributed by atoms with Gasteiger partial charge in [0, 0.05) is 27.4 Å². The van der Waals surface area contributed by atoms with Crippen LogP contribution in [0.15, 0.2) is 22.1 Å². The third kappa shape index (κ3) is 1.44. The molecule has 0 amide bonds. The molecule has 0 bridgehead atoms. The summed E-state index contributed by atoms with van der Waals surface area (Å²) in [6, 6.07) is 0.289. The number of aliphatic imine (C=N–C) groups is 2. The third-order valence-corrected chi connectivity index (χ3v) is 3.20. The number of amidine groups is 1. The summed E-state index contributed by atoms with van der Waals surface area (Å²) < 4.78 is 0. The van der Waals surface area contributed by atoms with Crippen LogP contribution >= 0.6 is 30.1 Å². The Kier molecular flexibility index (Phi) is 2.17. The monoisotopic (exact) mass is 279 g/mol. The van der Waals surface area contributed by atoms with E-state index in [1.54, 1.807) is 15.1 Å². The Balaban J connectivity index is 2.16. The van der Waals surface area contributed by atoms with E-state index in [0.29, 0.717) is 0 Å². The van der Waals surface area contributed by atoms with E-state index >= 15 is 0 Å². The van der Waals surface area contributed by atoms with Gasteiger partial charge in [-0.15, -0.1) is 0 Å². The van der Waals surface area contributed by atoms with E-state index in [9.17, 15) is 0 Å². The summed E-state index contributed by atoms with van der Waals surface area (Å²) >= 11 is 2.21. The number of fused-ring (bicyclic) bond motifs is 1. The van der Waals surface area contributed by atoms with E-state index in [4.69, 9.17) is 0 Å². The van der Waals surface area contributed by atoms with Crippen LogP contribution in [0.5, 0.6) is 0 Å². The van der Waals surface area contributed by atoms with Gasteiger partial charge in [-0.05, 0) is 15.0 Å². The third-order valence-electron chi connectivity index (χ3n) is 1.58. The Bertz CT molecular complexity index is 248. The normalized spacial score (nSPS) is 33.0. The summed E-state index contributed by atoms with van der Waals surface area (Å²) in [5, 5.41) is 4.22. The van der Waals surface area contributed by atoms with Crippen molar-refractivity contribution >= 4 is 41.5 Å². The van der Waals surface area contributed by atoms with Gasteiger partial charge in [0.15, 0.2) is 11.3 Å². The number of rotatable bonds is 0.